The van der Waals surface area contributed by atoms with Gasteiger partial charge in [-0.15, -0.1) is 5.10 Å². The molecule has 0 aliphatic rings. The van der Waals surface area contributed by atoms with Crippen LogP contribution in [0.3, 0.4) is 0 Å². The van der Waals surface area contributed by atoms with Crippen LogP contribution in [0.1, 0.15) is 11.3 Å². The molecule has 1 N–H and O–H groups in total. The first-order chi connectivity index (χ1) is 9.00. The van der Waals surface area contributed by atoms with Crippen LogP contribution in [0.25, 0.3) is 0 Å². The fourth-order valence-electron chi connectivity index (χ4n) is 1.68. The molecule has 0 saturated heterocycles. The van der Waals surface area contributed by atoms with Gasteiger partial charge in [0.05, 0.1) is 12.2 Å². The number of rotatable bonds is 3. The third kappa shape index (κ3) is 2.54. The zero-order valence-corrected chi connectivity index (χ0v) is 11.0. The van der Waals surface area contributed by atoms with Gasteiger partial charge in [-0.3, -0.25) is 14.3 Å². The van der Waals surface area contributed by atoms with Gasteiger partial charge in [-0.25, -0.2) is 9.48 Å². The topological polar surface area (TPSA) is 81.8 Å². The van der Waals surface area contributed by atoms with E-state index in [1.165, 1.54) is 14.1 Å². The van der Waals surface area contributed by atoms with E-state index in [0.29, 0.717) is 6.54 Å². The Morgan fingerprint density at radius 1 is 1.32 bits per heavy atom. The standard InChI is InChI=1S/C12H15N5O2/c1-8-5-4-6-13-9(8)7-14-10-11(18)16(2)12(19)17(3)15-10/h4-6H,7H2,1-3H3,(H,14,15). The molecule has 0 saturated carbocycles. The molecule has 7 heteroatoms. The van der Waals surface area contributed by atoms with Gasteiger partial charge in [0.15, 0.2) is 0 Å². The van der Waals surface area contributed by atoms with Crippen molar-refractivity contribution in [2.75, 3.05) is 5.32 Å². The van der Waals surface area contributed by atoms with E-state index in [2.05, 4.69) is 15.4 Å². The lowest BCUT2D eigenvalue weighted by atomic mass is 10.2. The van der Waals surface area contributed by atoms with E-state index < -0.39 is 11.2 Å². The molecule has 0 amide bonds. The van der Waals surface area contributed by atoms with Crippen LogP contribution in [0, 0.1) is 6.92 Å². The number of aryl methyl sites for hydroxylation is 2. The first-order valence-corrected chi connectivity index (χ1v) is 5.79. The molecule has 2 heterocycles. The Hall–Kier alpha value is -2.44. The zero-order valence-electron chi connectivity index (χ0n) is 11.0. The number of pyridine rings is 1. The Kier molecular flexibility index (Phi) is 3.46. The fraction of sp³-hybridized carbons (Fsp3) is 0.333. The van der Waals surface area contributed by atoms with Crippen molar-refractivity contribution in [2.45, 2.75) is 13.5 Å². The third-order valence-electron chi connectivity index (χ3n) is 2.86. The third-order valence-corrected chi connectivity index (χ3v) is 2.86. The predicted octanol–water partition coefficient (Wildman–Crippen LogP) is -0.205. The summed E-state index contributed by atoms with van der Waals surface area (Å²) in [5, 5.41) is 6.82. The maximum Gasteiger partial charge on any atom is 0.346 e. The van der Waals surface area contributed by atoms with Crippen molar-refractivity contribution >= 4 is 5.82 Å². The Morgan fingerprint density at radius 3 is 2.74 bits per heavy atom. The Morgan fingerprint density at radius 2 is 2.05 bits per heavy atom. The van der Waals surface area contributed by atoms with Crippen molar-refractivity contribution in [3.05, 3.63) is 50.4 Å². The highest BCUT2D eigenvalue weighted by Gasteiger charge is 2.08. The number of aromatic nitrogens is 4. The van der Waals surface area contributed by atoms with Crippen molar-refractivity contribution in [1.82, 2.24) is 19.3 Å². The molecule has 0 aliphatic carbocycles. The molecule has 0 fully saturated rings. The molecule has 2 aromatic heterocycles. The molecule has 7 nitrogen and oxygen atoms in total. The lowest BCUT2D eigenvalue weighted by Crippen LogP contribution is -2.39. The molecule has 19 heavy (non-hydrogen) atoms. The number of anilines is 1. The first kappa shape index (κ1) is 13.0. The van der Waals surface area contributed by atoms with Gasteiger partial charge in [0.1, 0.15) is 0 Å². The second kappa shape index (κ2) is 5.05. The van der Waals surface area contributed by atoms with Crippen LogP contribution >= 0.6 is 0 Å². The highest BCUT2D eigenvalue weighted by atomic mass is 16.2. The minimum Gasteiger partial charge on any atom is -0.358 e. The summed E-state index contributed by atoms with van der Waals surface area (Å²) in [5.74, 6) is 0.134. The lowest BCUT2D eigenvalue weighted by molar-refractivity contribution is 0.604. The molecule has 2 rings (SSSR count). The van der Waals surface area contributed by atoms with Gasteiger partial charge in [-0.05, 0) is 18.6 Å². The second-order valence-corrected chi connectivity index (χ2v) is 4.24. The minimum absolute atomic E-state index is 0.134. The smallest absolute Gasteiger partial charge is 0.346 e. The monoisotopic (exact) mass is 261 g/mol. The summed E-state index contributed by atoms with van der Waals surface area (Å²) < 4.78 is 2.13. The van der Waals surface area contributed by atoms with Crippen LogP contribution in [0.15, 0.2) is 27.9 Å². The molecule has 100 valence electrons. The van der Waals surface area contributed by atoms with Crippen molar-refractivity contribution in [2.24, 2.45) is 14.1 Å². The van der Waals surface area contributed by atoms with Crippen molar-refractivity contribution in [3.63, 3.8) is 0 Å². The molecule has 0 aromatic carbocycles. The van der Waals surface area contributed by atoms with Gasteiger partial charge >= 0.3 is 5.69 Å². The molecule has 0 bridgehead atoms. The number of nitrogens with one attached hydrogen (secondary N) is 1. The Balaban J connectivity index is 2.29. The quantitative estimate of drug-likeness (QED) is 0.827. The maximum atomic E-state index is 11.9. The maximum absolute atomic E-state index is 11.9. The fourth-order valence-corrected chi connectivity index (χ4v) is 1.68. The Bertz CT molecular complexity index is 717. The molecule has 2 aromatic rings. The minimum atomic E-state index is -0.454. The van der Waals surface area contributed by atoms with Crippen LogP contribution in [0.2, 0.25) is 0 Å². The van der Waals surface area contributed by atoms with Crippen LogP contribution < -0.4 is 16.6 Å². The molecule has 0 atom stereocenters. The highest BCUT2D eigenvalue weighted by Crippen LogP contribution is 2.04. The molecule has 0 radical (unpaired) electrons. The van der Waals surface area contributed by atoms with Crippen molar-refractivity contribution in [3.8, 4) is 0 Å². The van der Waals surface area contributed by atoms with E-state index in [0.717, 1.165) is 20.5 Å². The van der Waals surface area contributed by atoms with Gasteiger partial charge < -0.3 is 5.32 Å². The zero-order chi connectivity index (χ0) is 14.0. The number of hydrogen-bond acceptors (Lipinski definition) is 5. The molecular formula is C12H15N5O2. The van der Waals surface area contributed by atoms with Gasteiger partial charge in [-0.2, -0.15) is 0 Å². The van der Waals surface area contributed by atoms with Crippen LogP contribution in [0.5, 0.6) is 0 Å². The summed E-state index contributed by atoms with van der Waals surface area (Å²) in [7, 11) is 2.92. The van der Waals surface area contributed by atoms with E-state index in [-0.39, 0.29) is 5.82 Å². The average Bonchev–Trinajstić information content (AvgIpc) is 2.40. The van der Waals surface area contributed by atoms with E-state index in [9.17, 15) is 9.59 Å². The number of hydrogen-bond donors (Lipinski definition) is 1. The summed E-state index contributed by atoms with van der Waals surface area (Å²) >= 11 is 0. The summed E-state index contributed by atoms with van der Waals surface area (Å²) in [5.41, 5.74) is 0.957. The molecule has 0 spiro atoms. The van der Waals surface area contributed by atoms with Gasteiger partial charge in [0.2, 0.25) is 5.82 Å². The summed E-state index contributed by atoms with van der Waals surface area (Å²) in [6.45, 7) is 2.32. The van der Waals surface area contributed by atoms with E-state index >= 15 is 0 Å². The van der Waals surface area contributed by atoms with Crippen LogP contribution in [-0.2, 0) is 20.6 Å². The SMILES string of the molecule is Cc1cccnc1CNc1nn(C)c(=O)n(C)c1=O. The molecule has 0 unspecified atom stereocenters. The Labute approximate surface area is 109 Å². The van der Waals surface area contributed by atoms with Gasteiger partial charge in [0, 0.05) is 20.3 Å². The summed E-state index contributed by atoms with van der Waals surface area (Å²) in [6, 6.07) is 3.79. The predicted molar refractivity (Wildman–Crippen MR) is 71.0 cm³/mol. The second-order valence-electron chi connectivity index (χ2n) is 4.24. The summed E-state index contributed by atoms with van der Waals surface area (Å²) in [4.78, 5) is 27.6. The van der Waals surface area contributed by atoms with Crippen LogP contribution in [-0.4, -0.2) is 19.3 Å². The normalized spacial score (nSPS) is 10.5. The van der Waals surface area contributed by atoms with Crippen LogP contribution in [0.4, 0.5) is 5.82 Å². The van der Waals surface area contributed by atoms with E-state index in [1.807, 2.05) is 19.1 Å². The van der Waals surface area contributed by atoms with Gasteiger partial charge in [0.25, 0.3) is 5.56 Å². The first-order valence-electron chi connectivity index (χ1n) is 5.79. The highest BCUT2D eigenvalue weighted by molar-refractivity contribution is 5.31. The molecular weight excluding hydrogens is 246 g/mol. The van der Waals surface area contributed by atoms with Gasteiger partial charge in [-0.1, -0.05) is 6.07 Å². The van der Waals surface area contributed by atoms with E-state index in [1.54, 1.807) is 6.20 Å². The average molecular weight is 261 g/mol. The van der Waals surface area contributed by atoms with Crippen molar-refractivity contribution < 1.29 is 0 Å². The van der Waals surface area contributed by atoms with E-state index in [4.69, 9.17) is 0 Å². The molecule has 0 aliphatic heterocycles. The lowest BCUT2D eigenvalue weighted by Gasteiger charge is -2.08. The summed E-state index contributed by atoms with van der Waals surface area (Å²) in [6.07, 6.45) is 1.69. The van der Waals surface area contributed by atoms with Crippen molar-refractivity contribution in [1.29, 1.82) is 0 Å². The number of nitrogens with zero attached hydrogens (tertiary/aromatic N) is 4. The largest absolute Gasteiger partial charge is 0.358 e.